The summed E-state index contributed by atoms with van der Waals surface area (Å²) in [5.74, 6) is -1.03. The monoisotopic (exact) mass is 423 g/mol. The first-order valence-electron chi connectivity index (χ1n) is 9.90. The van der Waals surface area contributed by atoms with Gasteiger partial charge in [0.25, 0.3) is 0 Å². The van der Waals surface area contributed by atoms with E-state index in [0.717, 1.165) is 10.9 Å². The molecule has 32 heavy (non-hydrogen) atoms. The Hall–Kier alpha value is -4.50. The Labute approximate surface area is 184 Å². The summed E-state index contributed by atoms with van der Waals surface area (Å²) in [6.45, 7) is 0.0141. The number of Topliss-reactive ketones (excluding diaryl/α,β-unsaturated/α-hetero) is 1. The van der Waals surface area contributed by atoms with E-state index in [4.69, 9.17) is 0 Å². The molecule has 3 aromatic carbocycles. The molecule has 0 fully saturated rings. The molecule has 156 valence electrons. The van der Waals surface area contributed by atoms with E-state index in [1.54, 1.807) is 47.2 Å². The van der Waals surface area contributed by atoms with Crippen LogP contribution in [0, 0.1) is 17.1 Å². The molecule has 0 aliphatic heterocycles. The van der Waals surface area contributed by atoms with Gasteiger partial charge in [-0.3, -0.25) is 9.59 Å². The quantitative estimate of drug-likeness (QED) is 0.263. The van der Waals surface area contributed by atoms with Gasteiger partial charge in [-0.1, -0.05) is 48.5 Å². The third-order valence-electron chi connectivity index (χ3n) is 4.96. The Morgan fingerprint density at radius 3 is 2.38 bits per heavy atom. The van der Waals surface area contributed by atoms with Gasteiger partial charge >= 0.3 is 0 Å². The molecule has 0 spiro atoms. The van der Waals surface area contributed by atoms with Gasteiger partial charge in [0.05, 0.1) is 0 Å². The Bertz CT molecular complexity index is 1360. The Morgan fingerprint density at radius 2 is 1.66 bits per heavy atom. The van der Waals surface area contributed by atoms with Crippen LogP contribution in [0.2, 0.25) is 0 Å². The third kappa shape index (κ3) is 4.47. The molecule has 0 atom stereocenters. The first-order chi connectivity index (χ1) is 15.5. The lowest BCUT2D eigenvalue weighted by Gasteiger charge is -2.07. The molecule has 6 heteroatoms. The molecule has 0 bridgehead atoms. The summed E-state index contributed by atoms with van der Waals surface area (Å²) >= 11 is 0. The van der Waals surface area contributed by atoms with Crippen LogP contribution in [-0.2, 0) is 11.3 Å². The van der Waals surface area contributed by atoms with Crippen LogP contribution in [0.4, 0.5) is 10.1 Å². The van der Waals surface area contributed by atoms with Gasteiger partial charge in [-0.25, -0.2) is 4.39 Å². The molecule has 5 nitrogen and oxygen atoms in total. The molecule has 0 aliphatic rings. The minimum atomic E-state index is -0.380. The van der Waals surface area contributed by atoms with Crippen molar-refractivity contribution in [1.82, 2.24) is 4.57 Å². The minimum absolute atomic E-state index is 0.00914. The number of hydrogen-bond acceptors (Lipinski definition) is 3. The van der Waals surface area contributed by atoms with Crippen LogP contribution in [0.3, 0.4) is 0 Å². The van der Waals surface area contributed by atoms with Gasteiger partial charge in [0.2, 0.25) is 11.7 Å². The third-order valence-corrected chi connectivity index (χ3v) is 4.96. The van der Waals surface area contributed by atoms with Gasteiger partial charge in [0.15, 0.2) is 0 Å². The summed E-state index contributed by atoms with van der Waals surface area (Å²) in [6.07, 6.45) is 3.29. The average molecular weight is 423 g/mol. The molecule has 1 heterocycles. The highest BCUT2D eigenvalue weighted by Gasteiger charge is 2.15. The zero-order valence-electron chi connectivity index (χ0n) is 17.0. The number of amides is 1. The van der Waals surface area contributed by atoms with Crippen LogP contribution < -0.4 is 5.32 Å². The van der Waals surface area contributed by atoms with Crippen LogP contribution in [0.5, 0.6) is 0 Å². The lowest BCUT2D eigenvalue weighted by atomic mass is 10.0. The Kier molecular flexibility index (Phi) is 5.91. The predicted octanol–water partition coefficient (Wildman–Crippen LogP) is 5.21. The summed E-state index contributed by atoms with van der Waals surface area (Å²) in [5.41, 5.74) is 2.39. The number of ketones is 1. The molecular formula is C26H18FN3O2. The van der Waals surface area contributed by atoms with Crippen molar-refractivity contribution in [3.05, 3.63) is 108 Å². The first-order valence-corrected chi connectivity index (χ1v) is 9.90. The van der Waals surface area contributed by atoms with Crippen LogP contribution in [0.25, 0.3) is 17.0 Å². The molecule has 0 radical (unpaired) electrons. The summed E-state index contributed by atoms with van der Waals surface area (Å²) in [5, 5.41) is 13.1. The molecule has 1 N–H and O–H groups in total. The average Bonchev–Trinajstić information content (AvgIpc) is 3.16. The number of fused-ring (bicyclic) bond motifs is 1. The molecule has 4 rings (SSSR count). The van der Waals surface area contributed by atoms with E-state index in [1.165, 1.54) is 24.3 Å². The lowest BCUT2D eigenvalue weighted by Crippen LogP contribution is -2.18. The number of rotatable bonds is 6. The number of halogens is 1. The molecular weight excluding hydrogens is 405 g/mol. The predicted molar refractivity (Wildman–Crippen MR) is 121 cm³/mol. The second kappa shape index (κ2) is 9.11. The van der Waals surface area contributed by atoms with Crippen molar-refractivity contribution >= 4 is 34.4 Å². The number of nitrogens with one attached hydrogen (secondary N) is 1. The number of anilines is 1. The minimum Gasteiger partial charge on any atom is -0.337 e. The highest BCUT2D eigenvalue weighted by atomic mass is 19.1. The standard InChI is InChI=1S/C26H18FN3O2/c27-21-10-12-22(13-11-21)29-25(31)17-30-16-20(23-8-4-5-9-24(23)30)14-19(15-28)26(32)18-6-2-1-3-7-18/h1-14,16H,17H2,(H,29,31)/b19-14+. The summed E-state index contributed by atoms with van der Waals surface area (Å²) in [7, 11) is 0. The zero-order chi connectivity index (χ0) is 22.5. The number of nitriles is 1. The van der Waals surface area contributed by atoms with Crippen molar-refractivity contribution in [2.45, 2.75) is 6.54 Å². The maximum Gasteiger partial charge on any atom is 0.244 e. The van der Waals surface area contributed by atoms with Crippen LogP contribution >= 0.6 is 0 Å². The van der Waals surface area contributed by atoms with E-state index >= 15 is 0 Å². The normalized spacial score (nSPS) is 11.2. The smallest absolute Gasteiger partial charge is 0.244 e. The molecule has 0 aliphatic carbocycles. The summed E-state index contributed by atoms with van der Waals surface area (Å²) < 4.78 is 14.8. The van der Waals surface area contributed by atoms with Crippen molar-refractivity contribution in [3.8, 4) is 6.07 Å². The van der Waals surface area contributed by atoms with Crippen LogP contribution in [0.15, 0.2) is 90.6 Å². The van der Waals surface area contributed by atoms with E-state index in [2.05, 4.69) is 5.32 Å². The van der Waals surface area contributed by atoms with Crippen molar-refractivity contribution in [3.63, 3.8) is 0 Å². The number of nitrogens with zero attached hydrogens (tertiary/aromatic N) is 2. The number of aromatic nitrogens is 1. The summed E-state index contributed by atoms with van der Waals surface area (Å²) in [4.78, 5) is 25.3. The first kappa shape index (κ1) is 20.8. The van der Waals surface area contributed by atoms with E-state index in [0.29, 0.717) is 16.8 Å². The topological polar surface area (TPSA) is 74.9 Å². The zero-order valence-corrected chi connectivity index (χ0v) is 17.0. The number of carbonyl (C=O) groups excluding carboxylic acids is 2. The lowest BCUT2D eigenvalue weighted by molar-refractivity contribution is -0.116. The number of hydrogen-bond donors (Lipinski definition) is 1. The summed E-state index contributed by atoms with van der Waals surface area (Å²) in [6, 6.07) is 23.6. The number of allylic oxidation sites excluding steroid dienone is 1. The van der Waals surface area contributed by atoms with E-state index in [9.17, 15) is 19.2 Å². The molecule has 0 saturated carbocycles. The van der Waals surface area contributed by atoms with Crippen molar-refractivity contribution in [1.29, 1.82) is 5.26 Å². The Morgan fingerprint density at radius 1 is 0.969 bits per heavy atom. The molecule has 0 saturated heterocycles. The second-order valence-corrected chi connectivity index (χ2v) is 7.15. The van der Waals surface area contributed by atoms with Gasteiger partial charge < -0.3 is 9.88 Å². The van der Waals surface area contributed by atoms with E-state index < -0.39 is 0 Å². The van der Waals surface area contributed by atoms with Gasteiger partial charge in [-0.2, -0.15) is 5.26 Å². The van der Waals surface area contributed by atoms with E-state index in [1.807, 2.05) is 30.3 Å². The highest BCUT2D eigenvalue weighted by molar-refractivity contribution is 6.14. The fourth-order valence-electron chi connectivity index (χ4n) is 3.46. The maximum absolute atomic E-state index is 13.1. The largest absolute Gasteiger partial charge is 0.337 e. The molecule has 1 aromatic heterocycles. The SMILES string of the molecule is N#C/C(=C\c1cn(CC(=O)Nc2ccc(F)cc2)c2ccccc12)C(=O)c1ccccc1. The van der Waals surface area contributed by atoms with Gasteiger partial charge in [-0.05, 0) is 36.4 Å². The highest BCUT2D eigenvalue weighted by Crippen LogP contribution is 2.24. The van der Waals surface area contributed by atoms with Gasteiger partial charge in [0, 0.05) is 33.9 Å². The van der Waals surface area contributed by atoms with Crippen molar-refractivity contribution < 1.29 is 14.0 Å². The fraction of sp³-hybridized carbons (Fsp3) is 0.0385. The molecule has 1 amide bonds. The van der Waals surface area contributed by atoms with Crippen LogP contribution in [0.1, 0.15) is 15.9 Å². The number of para-hydroxylation sites is 1. The van der Waals surface area contributed by atoms with Crippen molar-refractivity contribution in [2.24, 2.45) is 0 Å². The molecule has 0 unspecified atom stereocenters. The fourth-order valence-corrected chi connectivity index (χ4v) is 3.46. The van der Waals surface area contributed by atoms with Gasteiger partial charge in [0.1, 0.15) is 24.0 Å². The van der Waals surface area contributed by atoms with Crippen molar-refractivity contribution in [2.75, 3.05) is 5.32 Å². The van der Waals surface area contributed by atoms with Gasteiger partial charge in [-0.15, -0.1) is 0 Å². The Balaban J connectivity index is 1.64. The molecule has 4 aromatic rings. The second-order valence-electron chi connectivity index (χ2n) is 7.15. The number of carbonyl (C=O) groups is 2. The maximum atomic E-state index is 13.1. The van der Waals surface area contributed by atoms with E-state index in [-0.39, 0.29) is 29.6 Å². The number of benzene rings is 3. The van der Waals surface area contributed by atoms with Crippen LogP contribution in [-0.4, -0.2) is 16.3 Å².